The molecule has 0 aliphatic carbocycles. The van der Waals surface area contributed by atoms with Gasteiger partial charge in [0.1, 0.15) is 23.2 Å². The van der Waals surface area contributed by atoms with Crippen LogP contribution in [0, 0.1) is 18.3 Å². The fourth-order valence-corrected chi connectivity index (χ4v) is 3.95. The molecule has 4 rings (SSSR count). The van der Waals surface area contributed by atoms with Crippen molar-refractivity contribution in [3.63, 3.8) is 0 Å². The van der Waals surface area contributed by atoms with Gasteiger partial charge in [0.05, 0.1) is 11.1 Å². The van der Waals surface area contributed by atoms with Crippen molar-refractivity contribution in [3.05, 3.63) is 47.2 Å². The molecule has 0 saturated carbocycles. The van der Waals surface area contributed by atoms with Crippen molar-refractivity contribution in [1.82, 2.24) is 20.1 Å². The fraction of sp³-hybridized carbons (Fsp3) is 0.333. The molecule has 6 nitrogen and oxygen atoms in total. The molecule has 1 saturated heterocycles. The van der Waals surface area contributed by atoms with Crippen molar-refractivity contribution >= 4 is 10.9 Å². The predicted octanol–water partition coefficient (Wildman–Crippen LogP) is 3.39. The summed E-state index contributed by atoms with van der Waals surface area (Å²) in [5.41, 5.74) is 4.29. The molecule has 3 aromatic rings. The molecule has 0 unspecified atom stereocenters. The number of rotatable bonds is 2. The van der Waals surface area contributed by atoms with Crippen LogP contribution in [-0.2, 0) is 0 Å². The number of nitriles is 1. The molecule has 0 radical (unpaired) electrons. The first-order valence-electron chi connectivity index (χ1n) is 9.12. The van der Waals surface area contributed by atoms with E-state index >= 15 is 0 Å². The van der Waals surface area contributed by atoms with E-state index in [0.717, 1.165) is 36.0 Å². The van der Waals surface area contributed by atoms with Crippen molar-refractivity contribution in [2.75, 3.05) is 20.1 Å². The second-order valence-corrected chi connectivity index (χ2v) is 7.22. The van der Waals surface area contributed by atoms with Crippen LogP contribution in [0.4, 0.5) is 0 Å². The average Bonchev–Trinajstić information content (AvgIpc) is 2.68. The highest BCUT2D eigenvalue weighted by molar-refractivity contribution is 5.89. The smallest absolute Gasteiger partial charge is 0.144 e. The number of aryl methyl sites for hydroxylation is 1. The Morgan fingerprint density at radius 1 is 1.26 bits per heavy atom. The SMILES string of the molecule is Cc1c(-c2ncc(C#N)cc2O)nnc2c([C@H]3CCCN(C)C3)cccc12. The van der Waals surface area contributed by atoms with Crippen LogP contribution in [0.3, 0.4) is 0 Å². The van der Waals surface area contributed by atoms with E-state index in [4.69, 9.17) is 5.26 Å². The quantitative estimate of drug-likeness (QED) is 0.755. The molecule has 27 heavy (non-hydrogen) atoms. The molecule has 136 valence electrons. The van der Waals surface area contributed by atoms with Gasteiger partial charge in [-0.3, -0.25) is 0 Å². The van der Waals surface area contributed by atoms with E-state index in [2.05, 4.69) is 39.3 Å². The number of benzene rings is 1. The number of hydrogen-bond donors (Lipinski definition) is 1. The average molecular weight is 359 g/mol. The van der Waals surface area contributed by atoms with E-state index in [1.54, 1.807) is 0 Å². The normalized spacial score (nSPS) is 17.7. The summed E-state index contributed by atoms with van der Waals surface area (Å²) < 4.78 is 0. The molecular weight excluding hydrogens is 338 g/mol. The second-order valence-electron chi connectivity index (χ2n) is 7.22. The maximum absolute atomic E-state index is 10.3. The summed E-state index contributed by atoms with van der Waals surface area (Å²) in [7, 11) is 2.16. The zero-order chi connectivity index (χ0) is 19.0. The van der Waals surface area contributed by atoms with Crippen LogP contribution in [0.2, 0.25) is 0 Å². The van der Waals surface area contributed by atoms with E-state index in [-0.39, 0.29) is 5.75 Å². The van der Waals surface area contributed by atoms with Gasteiger partial charge < -0.3 is 10.0 Å². The molecule has 1 fully saturated rings. The van der Waals surface area contributed by atoms with Gasteiger partial charge >= 0.3 is 0 Å². The van der Waals surface area contributed by atoms with Crippen molar-refractivity contribution in [1.29, 1.82) is 5.26 Å². The van der Waals surface area contributed by atoms with Gasteiger partial charge in [-0.1, -0.05) is 18.2 Å². The largest absolute Gasteiger partial charge is 0.506 e. The molecule has 1 aromatic carbocycles. The van der Waals surface area contributed by atoms with Crippen LogP contribution in [0.15, 0.2) is 30.5 Å². The molecule has 1 atom stereocenters. The summed E-state index contributed by atoms with van der Waals surface area (Å²) in [6, 6.07) is 9.64. The van der Waals surface area contributed by atoms with Crippen molar-refractivity contribution in [2.24, 2.45) is 0 Å². The van der Waals surface area contributed by atoms with E-state index in [1.807, 2.05) is 19.1 Å². The topological polar surface area (TPSA) is 85.9 Å². The van der Waals surface area contributed by atoms with Crippen LogP contribution in [0.1, 0.15) is 35.4 Å². The lowest BCUT2D eigenvalue weighted by Crippen LogP contribution is -2.31. The van der Waals surface area contributed by atoms with Gasteiger partial charge in [-0.15, -0.1) is 10.2 Å². The number of likely N-dealkylation sites (tertiary alicyclic amines) is 1. The Morgan fingerprint density at radius 3 is 2.85 bits per heavy atom. The molecule has 0 spiro atoms. The minimum atomic E-state index is -0.0594. The number of hydrogen-bond acceptors (Lipinski definition) is 6. The summed E-state index contributed by atoms with van der Waals surface area (Å²) in [4.78, 5) is 6.59. The van der Waals surface area contributed by atoms with Crippen LogP contribution < -0.4 is 0 Å². The molecule has 0 bridgehead atoms. The first-order chi connectivity index (χ1) is 13.1. The third kappa shape index (κ3) is 3.11. The van der Waals surface area contributed by atoms with Crippen LogP contribution >= 0.6 is 0 Å². The predicted molar refractivity (Wildman–Crippen MR) is 103 cm³/mol. The van der Waals surface area contributed by atoms with Gasteiger partial charge in [0.25, 0.3) is 0 Å². The number of nitrogens with zero attached hydrogens (tertiary/aromatic N) is 5. The number of piperidine rings is 1. The summed E-state index contributed by atoms with van der Waals surface area (Å²) in [6.45, 7) is 4.14. The maximum atomic E-state index is 10.3. The summed E-state index contributed by atoms with van der Waals surface area (Å²) >= 11 is 0. The number of aromatic hydroxyl groups is 1. The van der Waals surface area contributed by atoms with E-state index < -0.39 is 0 Å². The fourth-order valence-electron chi connectivity index (χ4n) is 3.95. The van der Waals surface area contributed by atoms with Gasteiger partial charge in [0.2, 0.25) is 0 Å². The molecule has 1 aliphatic rings. The Hall–Kier alpha value is -3.04. The van der Waals surface area contributed by atoms with Crippen LogP contribution in [0.5, 0.6) is 5.75 Å². The lowest BCUT2D eigenvalue weighted by Gasteiger charge is -2.30. The van der Waals surface area contributed by atoms with E-state index in [1.165, 1.54) is 24.2 Å². The number of likely N-dealkylation sites (N-methyl/N-ethyl adjacent to an activating group) is 1. The zero-order valence-corrected chi connectivity index (χ0v) is 15.5. The van der Waals surface area contributed by atoms with Crippen LogP contribution in [0.25, 0.3) is 22.3 Å². The second kappa shape index (κ2) is 6.93. The number of pyridine rings is 1. The molecular formula is C21H21N5O. The summed E-state index contributed by atoms with van der Waals surface area (Å²) in [5, 5.41) is 29.2. The maximum Gasteiger partial charge on any atom is 0.144 e. The van der Waals surface area contributed by atoms with Crippen molar-refractivity contribution in [3.8, 4) is 23.2 Å². The molecule has 3 heterocycles. The Labute approximate surface area is 158 Å². The molecule has 2 aromatic heterocycles. The van der Waals surface area contributed by atoms with Gasteiger partial charge in [0.15, 0.2) is 0 Å². The lowest BCUT2D eigenvalue weighted by molar-refractivity contribution is 0.251. The number of fused-ring (bicyclic) bond motifs is 1. The highest BCUT2D eigenvalue weighted by atomic mass is 16.3. The number of aromatic nitrogens is 3. The zero-order valence-electron chi connectivity index (χ0n) is 15.5. The van der Waals surface area contributed by atoms with Gasteiger partial charge in [-0.2, -0.15) is 5.26 Å². The van der Waals surface area contributed by atoms with Crippen LogP contribution in [-0.4, -0.2) is 45.3 Å². The standard InChI is InChI=1S/C21H21N5O/c1-13-16-6-3-7-17(15-5-4-8-26(2)12-15)20(16)25-24-19(13)21-18(27)9-14(10-22)11-23-21/h3,6-7,9,11,15,27H,4-5,8,12H2,1-2H3/t15-/m0/s1. The minimum Gasteiger partial charge on any atom is -0.506 e. The highest BCUT2D eigenvalue weighted by Crippen LogP contribution is 2.35. The molecule has 1 N–H and O–H groups in total. The van der Waals surface area contributed by atoms with Gasteiger partial charge in [-0.25, -0.2) is 4.98 Å². The third-order valence-electron chi connectivity index (χ3n) is 5.36. The molecule has 0 amide bonds. The van der Waals surface area contributed by atoms with Gasteiger partial charge in [0, 0.05) is 24.2 Å². The Morgan fingerprint density at radius 2 is 2.11 bits per heavy atom. The summed E-state index contributed by atoms with van der Waals surface area (Å²) in [6.07, 6.45) is 3.78. The monoisotopic (exact) mass is 359 g/mol. The lowest BCUT2D eigenvalue weighted by atomic mass is 9.88. The highest BCUT2D eigenvalue weighted by Gasteiger charge is 2.23. The van der Waals surface area contributed by atoms with E-state index in [0.29, 0.717) is 22.9 Å². The summed E-state index contributed by atoms with van der Waals surface area (Å²) in [5.74, 6) is 0.393. The third-order valence-corrected chi connectivity index (χ3v) is 5.36. The Balaban J connectivity index is 1.83. The Kier molecular flexibility index (Phi) is 4.46. The molecule has 6 heteroatoms. The van der Waals surface area contributed by atoms with Crippen molar-refractivity contribution in [2.45, 2.75) is 25.7 Å². The van der Waals surface area contributed by atoms with E-state index in [9.17, 15) is 5.11 Å². The first kappa shape index (κ1) is 17.4. The molecule has 1 aliphatic heterocycles. The minimum absolute atomic E-state index is 0.0594. The van der Waals surface area contributed by atoms with Crippen molar-refractivity contribution < 1.29 is 5.11 Å². The Bertz CT molecular complexity index is 1060. The van der Waals surface area contributed by atoms with Gasteiger partial charge in [-0.05, 0) is 50.4 Å². The first-order valence-corrected chi connectivity index (χ1v) is 9.12.